The van der Waals surface area contributed by atoms with Gasteiger partial charge in [-0.1, -0.05) is 6.92 Å². The van der Waals surface area contributed by atoms with Crippen LogP contribution in [-0.2, 0) is 10.0 Å². The van der Waals surface area contributed by atoms with Crippen molar-refractivity contribution in [3.8, 4) is 0 Å². The molecule has 6 heteroatoms. The normalized spacial score (nSPS) is 12.3. The van der Waals surface area contributed by atoms with Gasteiger partial charge in [-0.15, -0.1) is 4.83 Å². The molecular weight excluding hydrogens is 214 g/mol. The van der Waals surface area contributed by atoms with Crippen LogP contribution in [-0.4, -0.2) is 46.4 Å². The Morgan fingerprint density at radius 2 is 1.80 bits per heavy atom. The number of sulfonamides is 1. The second-order valence-corrected chi connectivity index (χ2v) is 5.58. The summed E-state index contributed by atoms with van der Waals surface area (Å²) >= 11 is 0. The fourth-order valence-corrected chi connectivity index (χ4v) is 2.40. The largest absolute Gasteiger partial charge is 0.317 e. The Morgan fingerprint density at radius 3 is 2.33 bits per heavy atom. The molecule has 0 fully saturated rings. The number of hydrazine groups is 1. The first-order chi connectivity index (χ1) is 6.98. The quantitative estimate of drug-likeness (QED) is 0.443. The van der Waals surface area contributed by atoms with Crippen LogP contribution in [0.25, 0.3) is 0 Å². The molecule has 0 aliphatic rings. The molecular formula is C9H23N3O2S. The number of nitrogens with one attached hydrogen (secondary N) is 2. The third-order valence-corrected chi connectivity index (χ3v) is 3.23. The van der Waals surface area contributed by atoms with Gasteiger partial charge in [-0.2, -0.15) is 0 Å². The first-order valence-corrected chi connectivity index (χ1v) is 7.01. The molecule has 0 amide bonds. The Morgan fingerprint density at radius 1 is 1.13 bits per heavy atom. The minimum atomic E-state index is -3.13. The van der Waals surface area contributed by atoms with Crippen LogP contribution >= 0.6 is 0 Å². The fourth-order valence-electron chi connectivity index (χ4n) is 1.17. The van der Waals surface area contributed by atoms with Crippen LogP contribution in [0.15, 0.2) is 0 Å². The molecule has 92 valence electrons. The van der Waals surface area contributed by atoms with E-state index in [-0.39, 0.29) is 5.75 Å². The van der Waals surface area contributed by atoms with Gasteiger partial charge in [0.15, 0.2) is 0 Å². The number of nitrogens with zero attached hydrogens (tertiary/aromatic N) is 1. The second-order valence-electron chi connectivity index (χ2n) is 3.76. The molecule has 0 bridgehead atoms. The van der Waals surface area contributed by atoms with Crippen LogP contribution in [0.3, 0.4) is 0 Å². The van der Waals surface area contributed by atoms with E-state index in [2.05, 4.69) is 17.1 Å². The smallest absolute Gasteiger partial charge is 0.224 e. The number of unbranched alkanes of at least 4 members (excludes halogenated alkanes) is 1. The van der Waals surface area contributed by atoms with Crippen molar-refractivity contribution in [2.45, 2.75) is 26.2 Å². The van der Waals surface area contributed by atoms with Crippen LogP contribution in [0.5, 0.6) is 0 Å². The van der Waals surface area contributed by atoms with Gasteiger partial charge in [0.1, 0.15) is 0 Å². The van der Waals surface area contributed by atoms with E-state index >= 15 is 0 Å². The molecule has 0 unspecified atom stereocenters. The fraction of sp³-hybridized carbons (Fsp3) is 1.00. The summed E-state index contributed by atoms with van der Waals surface area (Å²) in [5.74, 6) is 0.193. The van der Waals surface area contributed by atoms with E-state index in [1.807, 2.05) is 0 Å². The molecule has 0 atom stereocenters. The van der Waals surface area contributed by atoms with E-state index in [0.717, 1.165) is 25.9 Å². The maximum absolute atomic E-state index is 11.4. The molecule has 0 saturated heterocycles. The Balaban J connectivity index is 3.50. The van der Waals surface area contributed by atoms with E-state index in [4.69, 9.17) is 0 Å². The van der Waals surface area contributed by atoms with E-state index < -0.39 is 10.0 Å². The average Bonchev–Trinajstić information content (AvgIpc) is 2.08. The predicted molar refractivity (Wildman–Crippen MR) is 63.0 cm³/mol. The number of rotatable bonds is 9. The van der Waals surface area contributed by atoms with Crippen LogP contribution in [0, 0.1) is 0 Å². The number of hydrogen-bond acceptors (Lipinski definition) is 4. The third-order valence-electron chi connectivity index (χ3n) is 1.77. The van der Waals surface area contributed by atoms with E-state index in [0.29, 0.717) is 6.42 Å². The van der Waals surface area contributed by atoms with Gasteiger partial charge in [-0.05, 0) is 32.4 Å². The van der Waals surface area contributed by atoms with Crippen molar-refractivity contribution in [3.05, 3.63) is 0 Å². The highest BCUT2D eigenvalue weighted by Gasteiger charge is 2.09. The lowest BCUT2D eigenvalue weighted by atomic mass is 10.3. The first kappa shape index (κ1) is 14.8. The summed E-state index contributed by atoms with van der Waals surface area (Å²) in [6.07, 6.45) is 2.70. The van der Waals surface area contributed by atoms with Gasteiger partial charge in [-0.3, -0.25) is 0 Å². The highest BCUT2D eigenvalue weighted by molar-refractivity contribution is 7.89. The van der Waals surface area contributed by atoms with E-state index in [1.54, 1.807) is 14.1 Å². The van der Waals surface area contributed by atoms with E-state index in [1.165, 1.54) is 5.01 Å². The van der Waals surface area contributed by atoms with Gasteiger partial charge >= 0.3 is 0 Å². The second kappa shape index (κ2) is 8.04. The molecule has 15 heavy (non-hydrogen) atoms. The molecule has 2 N–H and O–H groups in total. The minimum Gasteiger partial charge on any atom is -0.317 e. The van der Waals surface area contributed by atoms with Crippen molar-refractivity contribution in [2.75, 3.05) is 32.9 Å². The van der Waals surface area contributed by atoms with Crippen LogP contribution in [0.1, 0.15) is 26.2 Å². The highest BCUT2D eigenvalue weighted by atomic mass is 32.2. The first-order valence-electron chi connectivity index (χ1n) is 5.36. The zero-order valence-electron chi connectivity index (χ0n) is 9.91. The van der Waals surface area contributed by atoms with Crippen molar-refractivity contribution < 1.29 is 8.42 Å². The lowest BCUT2D eigenvalue weighted by Gasteiger charge is -2.12. The van der Waals surface area contributed by atoms with Crippen molar-refractivity contribution >= 4 is 10.0 Å². The Bertz CT molecular complexity index is 240. The van der Waals surface area contributed by atoms with Gasteiger partial charge in [0.25, 0.3) is 0 Å². The van der Waals surface area contributed by atoms with Gasteiger partial charge in [-0.25, -0.2) is 13.4 Å². The molecule has 0 aromatic heterocycles. The molecule has 5 nitrogen and oxygen atoms in total. The molecule has 0 aromatic carbocycles. The Hall–Kier alpha value is -0.170. The lowest BCUT2D eigenvalue weighted by Crippen LogP contribution is -2.37. The summed E-state index contributed by atoms with van der Waals surface area (Å²) in [5, 5.41) is 4.69. The summed E-state index contributed by atoms with van der Waals surface area (Å²) in [6, 6.07) is 0. The molecule has 0 aromatic rings. The molecule has 0 spiro atoms. The highest BCUT2D eigenvalue weighted by Crippen LogP contribution is 1.94. The van der Waals surface area contributed by atoms with Crippen molar-refractivity contribution in [3.63, 3.8) is 0 Å². The monoisotopic (exact) mass is 237 g/mol. The summed E-state index contributed by atoms with van der Waals surface area (Å²) in [4.78, 5) is 2.41. The summed E-state index contributed by atoms with van der Waals surface area (Å²) in [7, 11) is 0.209. The zero-order chi connectivity index (χ0) is 11.7. The van der Waals surface area contributed by atoms with Crippen molar-refractivity contribution in [1.82, 2.24) is 15.2 Å². The third kappa shape index (κ3) is 10.1. The van der Waals surface area contributed by atoms with Crippen molar-refractivity contribution in [2.24, 2.45) is 0 Å². The average molecular weight is 237 g/mol. The molecule has 0 saturated carbocycles. The molecule has 0 aliphatic carbocycles. The molecule has 0 radical (unpaired) electrons. The number of hydrogen-bond donors (Lipinski definition) is 2. The van der Waals surface area contributed by atoms with E-state index in [9.17, 15) is 8.42 Å². The standard InChI is InChI=1S/C9H23N3O2S/c1-4-7-10-8-5-6-9-15(13,14)11-12(2)3/h10-11H,4-9H2,1-3H3. The predicted octanol–water partition coefficient (Wildman–Crippen LogP) is 0.162. The molecule has 0 aliphatic heterocycles. The van der Waals surface area contributed by atoms with Crippen LogP contribution in [0.4, 0.5) is 0 Å². The maximum atomic E-state index is 11.4. The molecule has 0 heterocycles. The van der Waals surface area contributed by atoms with Gasteiger partial charge in [0.2, 0.25) is 10.0 Å². The molecule has 0 rings (SSSR count). The van der Waals surface area contributed by atoms with Gasteiger partial charge in [0, 0.05) is 14.1 Å². The SMILES string of the molecule is CCCNCCCCS(=O)(=O)NN(C)C. The van der Waals surface area contributed by atoms with Gasteiger partial charge < -0.3 is 5.32 Å². The Labute approximate surface area is 93.2 Å². The Kier molecular flexibility index (Phi) is 7.95. The van der Waals surface area contributed by atoms with Crippen LogP contribution in [0.2, 0.25) is 0 Å². The van der Waals surface area contributed by atoms with Crippen molar-refractivity contribution in [1.29, 1.82) is 0 Å². The lowest BCUT2D eigenvalue weighted by molar-refractivity contribution is 0.363. The summed E-state index contributed by atoms with van der Waals surface area (Å²) < 4.78 is 22.7. The summed E-state index contributed by atoms with van der Waals surface area (Å²) in [5.41, 5.74) is 0. The maximum Gasteiger partial charge on any atom is 0.224 e. The van der Waals surface area contributed by atoms with Crippen LogP contribution < -0.4 is 10.1 Å². The summed E-state index contributed by atoms with van der Waals surface area (Å²) in [6.45, 7) is 4.01. The zero-order valence-corrected chi connectivity index (χ0v) is 10.7. The van der Waals surface area contributed by atoms with Gasteiger partial charge in [0.05, 0.1) is 5.75 Å². The topological polar surface area (TPSA) is 61.4 Å². The minimum absolute atomic E-state index is 0.193.